The Bertz CT molecular complexity index is 575. The molecule has 0 aliphatic rings. The van der Waals surface area contributed by atoms with Crippen molar-refractivity contribution in [2.75, 3.05) is 0 Å². The molecule has 0 fully saturated rings. The summed E-state index contributed by atoms with van der Waals surface area (Å²) in [6, 6.07) is 4.08. The van der Waals surface area contributed by atoms with Gasteiger partial charge in [-0.25, -0.2) is 8.94 Å². The summed E-state index contributed by atoms with van der Waals surface area (Å²) in [7, 11) is 0. The van der Waals surface area contributed by atoms with Crippen LogP contribution >= 0.6 is 11.5 Å². The van der Waals surface area contributed by atoms with Crippen LogP contribution in [0.2, 0.25) is 0 Å². The third kappa shape index (κ3) is 3.64. The molecule has 1 atom stereocenters. The summed E-state index contributed by atoms with van der Waals surface area (Å²) in [6.07, 6.45) is 6.65. The Hall–Kier alpha value is -1.20. The predicted molar refractivity (Wildman–Crippen MR) is 80.6 cm³/mol. The number of nitrogens with one attached hydrogen (secondary N) is 1. The van der Waals surface area contributed by atoms with Crippen molar-refractivity contribution in [2.24, 2.45) is 0 Å². The molecule has 0 aliphatic carbocycles. The van der Waals surface area contributed by atoms with E-state index in [1.54, 1.807) is 10.2 Å². The Kier molecular flexibility index (Phi) is 5.10. The summed E-state index contributed by atoms with van der Waals surface area (Å²) >= 11 is 1.42. The quantitative estimate of drug-likeness (QED) is 0.793. The maximum Gasteiger partial charge on any atom is 0.271 e. The Labute approximate surface area is 117 Å². The average Bonchev–Trinajstić information content (AvgIpc) is 2.74. The lowest BCUT2D eigenvalue weighted by Gasteiger charge is -2.13. The van der Waals surface area contributed by atoms with Crippen LogP contribution in [0, 0.1) is 0 Å². The topological polar surface area (TPSA) is 46.9 Å². The molecule has 2 rings (SSSR count). The second kappa shape index (κ2) is 6.82. The van der Waals surface area contributed by atoms with Gasteiger partial charge in [0.15, 0.2) is 0 Å². The monoisotopic (exact) mass is 279 g/mol. The highest BCUT2D eigenvalue weighted by Crippen LogP contribution is 2.12. The molecule has 19 heavy (non-hydrogen) atoms. The minimum absolute atomic E-state index is 0.0568. The molecular formula is C14H21N3OS. The molecule has 2 aromatic heterocycles. The lowest BCUT2D eigenvalue weighted by Crippen LogP contribution is -2.31. The van der Waals surface area contributed by atoms with Gasteiger partial charge in [-0.05, 0) is 37.0 Å². The third-order valence-corrected chi connectivity index (χ3v) is 4.26. The standard InChI is InChI=1S/C14H21N3OS/c1-3-4-5-7-11(2)16-10-17-14(18)12-8-6-9-15-13(12)19-17/h6,8-9,11,16H,3-5,7,10H2,1-2H3. The van der Waals surface area contributed by atoms with E-state index in [-0.39, 0.29) is 5.56 Å². The highest BCUT2D eigenvalue weighted by molar-refractivity contribution is 7.13. The summed E-state index contributed by atoms with van der Waals surface area (Å²) in [4.78, 5) is 17.1. The van der Waals surface area contributed by atoms with Gasteiger partial charge in [0, 0.05) is 12.2 Å². The van der Waals surface area contributed by atoms with Crippen molar-refractivity contribution in [2.45, 2.75) is 52.2 Å². The van der Waals surface area contributed by atoms with Gasteiger partial charge in [-0.3, -0.25) is 10.1 Å². The zero-order chi connectivity index (χ0) is 13.7. The van der Waals surface area contributed by atoms with Crippen LogP contribution in [0.5, 0.6) is 0 Å². The Morgan fingerprint density at radius 3 is 3.05 bits per heavy atom. The maximum absolute atomic E-state index is 12.1. The molecule has 0 aliphatic heterocycles. The van der Waals surface area contributed by atoms with Gasteiger partial charge in [-0.1, -0.05) is 26.2 Å². The Balaban J connectivity index is 1.94. The second-order valence-corrected chi connectivity index (χ2v) is 5.90. The molecule has 104 valence electrons. The zero-order valence-corrected chi connectivity index (χ0v) is 12.4. The molecule has 0 spiro atoms. The molecule has 0 aromatic carbocycles. The minimum atomic E-state index is 0.0568. The van der Waals surface area contributed by atoms with Crippen LogP contribution in [0.15, 0.2) is 23.1 Å². The van der Waals surface area contributed by atoms with Crippen LogP contribution in [-0.2, 0) is 6.67 Å². The largest absolute Gasteiger partial charge is 0.296 e. The smallest absolute Gasteiger partial charge is 0.271 e. The van der Waals surface area contributed by atoms with E-state index in [0.717, 1.165) is 11.3 Å². The van der Waals surface area contributed by atoms with Gasteiger partial charge in [-0.15, -0.1) is 0 Å². The molecule has 0 saturated heterocycles. The zero-order valence-electron chi connectivity index (χ0n) is 11.6. The Morgan fingerprint density at radius 2 is 2.32 bits per heavy atom. The average molecular weight is 279 g/mol. The summed E-state index contributed by atoms with van der Waals surface area (Å²) in [5, 5.41) is 4.12. The number of hydrogen-bond donors (Lipinski definition) is 1. The lowest BCUT2D eigenvalue weighted by molar-refractivity contribution is 0.447. The molecule has 1 unspecified atom stereocenters. The van der Waals surface area contributed by atoms with E-state index < -0.39 is 0 Å². The molecule has 5 heteroatoms. The van der Waals surface area contributed by atoms with Crippen molar-refractivity contribution >= 4 is 21.7 Å². The number of pyridine rings is 1. The van der Waals surface area contributed by atoms with Gasteiger partial charge in [0.05, 0.1) is 12.1 Å². The molecule has 0 bridgehead atoms. The van der Waals surface area contributed by atoms with Crippen molar-refractivity contribution in [3.63, 3.8) is 0 Å². The first-order valence-corrected chi connectivity index (χ1v) is 7.68. The van der Waals surface area contributed by atoms with E-state index in [1.165, 1.54) is 30.8 Å². The number of rotatable bonds is 7. The Morgan fingerprint density at radius 1 is 1.47 bits per heavy atom. The molecule has 0 radical (unpaired) electrons. The minimum Gasteiger partial charge on any atom is -0.296 e. The highest BCUT2D eigenvalue weighted by Gasteiger charge is 2.08. The fourth-order valence-corrected chi connectivity index (χ4v) is 2.94. The maximum atomic E-state index is 12.1. The summed E-state index contributed by atoms with van der Waals surface area (Å²) in [5.41, 5.74) is 0.0568. The number of nitrogens with zero attached hydrogens (tertiary/aromatic N) is 2. The van der Waals surface area contributed by atoms with Crippen LogP contribution in [0.4, 0.5) is 0 Å². The van der Waals surface area contributed by atoms with E-state index in [1.807, 2.05) is 12.1 Å². The van der Waals surface area contributed by atoms with Gasteiger partial charge < -0.3 is 0 Å². The number of unbranched alkanes of at least 4 members (excludes halogenated alkanes) is 2. The lowest BCUT2D eigenvalue weighted by atomic mass is 10.1. The van der Waals surface area contributed by atoms with Gasteiger partial charge in [0.25, 0.3) is 5.56 Å². The number of aromatic nitrogens is 2. The SMILES string of the molecule is CCCCCC(C)NCn1sc2ncccc2c1=O. The molecule has 2 aromatic rings. The fourth-order valence-electron chi connectivity index (χ4n) is 2.05. The van der Waals surface area contributed by atoms with E-state index >= 15 is 0 Å². The third-order valence-electron chi connectivity index (χ3n) is 3.25. The van der Waals surface area contributed by atoms with Gasteiger partial charge >= 0.3 is 0 Å². The normalized spacial score (nSPS) is 12.9. The van der Waals surface area contributed by atoms with Gasteiger partial charge in [0.1, 0.15) is 4.83 Å². The molecule has 0 saturated carbocycles. The molecule has 4 nitrogen and oxygen atoms in total. The van der Waals surface area contributed by atoms with Crippen molar-refractivity contribution in [1.29, 1.82) is 0 Å². The van der Waals surface area contributed by atoms with E-state index in [0.29, 0.717) is 18.1 Å². The van der Waals surface area contributed by atoms with E-state index in [4.69, 9.17) is 0 Å². The van der Waals surface area contributed by atoms with E-state index in [9.17, 15) is 4.79 Å². The van der Waals surface area contributed by atoms with E-state index in [2.05, 4.69) is 24.1 Å². The van der Waals surface area contributed by atoms with Gasteiger partial charge in [-0.2, -0.15) is 0 Å². The number of fused-ring (bicyclic) bond motifs is 1. The molecule has 2 heterocycles. The van der Waals surface area contributed by atoms with Crippen molar-refractivity contribution in [3.05, 3.63) is 28.7 Å². The predicted octanol–water partition coefficient (Wildman–Crippen LogP) is 2.97. The van der Waals surface area contributed by atoms with Crippen molar-refractivity contribution in [1.82, 2.24) is 14.3 Å². The first kappa shape index (κ1) is 14.2. The fraction of sp³-hybridized carbons (Fsp3) is 0.571. The summed E-state index contributed by atoms with van der Waals surface area (Å²) < 4.78 is 1.74. The first-order chi connectivity index (χ1) is 9.22. The highest BCUT2D eigenvalue weighted by atomic mass is 32.1. The molecular weight excluding hydrogens is 258 g/mol. The van der Waals surface area contributed by atoms with Crippen LogP contribution in [0.25, 0.3) is 10.2 Å². The molecule has 0 amide bonds. The van der Waals surface area contributed by atoms with Crippen molar-refractivity contribution in [3.8, 4) is 0 Å². The second-order valence-electron chi connectivity index (χ2n) is 4.89. The number of hydrogen-bond acceptors (Lipinski definition) is 4. The molecule has 1 N–H and O–H groups in total. The van der Waals surface area contributed by atoms with Crippen molar-refractivity contribution < 1.29 is 0 Å². The first-order valence-electron chi connectivity index (χ1n) is 6.90. The van der Waals surface area contributed by atoms with Crippen LogP contribution in [0.3, 0.4) is 0 Å². The summed E-state index contributed by atoms with van der Waals surface area (Å²) in [5.74, 6) is 0. The van der Waals surface area contributed by atoms with Crippen LogP contribution in [0.1, 0.15) is 39.5 Å². The summed E-state index contributed by atoms with van der Waals surface area (Å²) in [6.45, 7) is 4.96. The van der Waals surface area contributed by atoms with Crippen LogP contribution in [-0.4, -0.2) is 15.0 Å². The van der Waals surface area contributed by atoms with Gasteiger partial charge in [0.2, 0.25) is 0 Å². The van der Waals surface area contributed by atoms with Crippen LogP contribution < -0.4 is 10.9 Å².